The molecule has 4 heteroatoms. The van der Waals surface area contributed by atoms with Crippen LogP contribution in [0.1, 0.15) is 41.9 Å². The van der Waals surface area contributed by atoms with E-state index in [1.807, 2.05) is 16.0 Å². The maximum atomic E-state index is 4.48. The van der Waals surface area contributed by atoms with E-state index in [2.05, 4.69) is 47.5 Å². The van der Waals surface area contributed by atoms with Crippen LogP contribution in [-0.2, 0) is 20.0 Å². The summed E-state index contributed by atoms with van der Waals surface area (Å²) >= 11 is 1.89. The third kappa shape index (κ3) is 3.74. The summed E-state index contributed by atoms with van der Waals surface area (Å²) in [6, 6.07) is 7.39. The SMILES string of the molecule is Cc1cc(CN2CCCC[C@@H]2CCc2cccs2)n(C)n1. The number of aromatic nitrogens is 2. The summed E-state index contributed by atoms with van der Waals surface area (Å²) in [5.74, 6) is 0. The molecule has 21 heavy (non-hydrogen) atoms. The van der Waals surface area contributed by atoms with Crippen LogP contribution in [0.2, 0.25) is 0 Å². The second kappa shape index (κ2) is 6.75. The van der Waals surface area contributed by atoms with Crippen LogP contribution in [0.5, 0.6) is 0 Å². The molecular formula is C17H25N3S. The Morgan fingerprint density at radius 3 is 3.00 bits per heavy atom. The van der Waals surface area contributed by atoms with Crippen molar-refractivity contribution in [3.63, 3.8) is 0 Å². The van der Waals surface area contributed by atoms with Crippen LogP contribution < -0.4 is 0 Å². The van der Waals surface area contributed by atoms with Crippen LogP contribution in [-0.4, -0.2) is 27.3 Å². The second-order valence-electron chi connectivity index (χ2n) is 6.14. The van der Waals surface area contributed by atoms with Gasteiger partial charge in [-0.15, -0.1) is 11.3 Å². The molecule has 3 rings (SSSR count). The van der Waals surface area contributed by atoms with Gasteiger partial charge in [0.05, 0.1) is 11.4 Å². The summed E-state index contributed by atoms with van der Waals surface area (Å²) in [6.07, 6.45) is 6.59. The van der Waals surface area contributed by atoms with E-state index in [0.29, 0.717) is 0 Å². The number of hydrogen-bond acceptors (Lipinski definition) is 3. The minimum atomic E-state index is 0.732. The van der Waals surface area contributed by atoms with Gasteiger partial charge in [0.1, 0.15) is 0 Å². The average Bonchev–Trinajstić information content (AvgIpc) is 3.08. The molecule has 2 aromatic rings. The molecule has 1 saturated heterocycles. The van der Waals surface area contributed by atoms with Crippen LogP contribution in [0.3, 0.4) is 0 Å². The zero-order chi connectivity index (χ0) is 14.7. The van der Waals surface area contributed by atoms with E-state index in [4.69, 9.17) is 0 Å². The van der Waals surface area contributed by atoms with Crippen molar-refractivity contribution in [2.75, 3.05) is 6.54 Å². The van der Waals surface area contributed by atoms with Gasteiger partial charge in [-0.3, -0.25) is 9.58 Å². The first-order chi connectivity index (χ1) is 10.2. The first-order valence-corrected chi connectivity index (χ1v) is 8.86. The molecule has 3 heterocycles. The van der Waals surface area contributed by atoms with Gasteiger partial charge in [-0.2, -0.15) is 5.10 Å². The fraction of sp³-hybridized carbons (Fsp3) is 0.588. The number of nitrogens with zero attached hydrogens (tertiary/aromatic N) is 3. The molecule has 0 aromatic carbocycles. The van der Waals surface area contributed by atoms with E-state index in [1.165, 1.54) is 49.2 Å². The van der Waals surface area contributed by atoms with Crippen LogP contribution in [0.4, 0.5) is 0 Å². The smallest absolute Gasteiger partial charge is 0.0597 e. The average molecular weight is 303 g/mol. The van der Waals surface area contributed by atoms with Crippen LogP contribution in [0, 0.1) is 6.92 Å². The van der Waals surface area contributed by atoms with E-state index >= 15 is 0 Å². The van der Waals surface area contributed by atoms with Gasteiger partial charge < -0.3 is 0 Å². The van der Waals surface area contributed by atoms with Crippen molar-refractivity contribution in [1.82, 2.24) is 14.7 Å². The van der Waals surface area contributed by atoms with Crippen LogP contribution in [0.15, 0.2) is 23.6 Å². The van der Waals surface area contributed by atoms with Gasteiger partial charge in [-0.25, -0.2) is 0 Å². The van der Waals surface area contributed by atoms with Crippen molar-refractivity contribution in [1.29, 1.82) is 0 Å². The van der Waals surface area contributed by atoms with E-state index in [9.17, 15) is 0 Å². The van der Waals surface area contributed by atoms with Crippen molar-refractivity contribution < 1.29 is 0 Å². The molecule has 114 valence electrons. The summed E-state index contributed by atoms with van der Waals surface area (Å²) < 4.78 is 2.04. The molecule has 0 amide bonds. The second-order valence-corrected chi connectivity index (χ2v) is 7.17. The van der Waals surface area contributed by atoms with E-state index in [0.717, 1.165) is 18.3 Å². The molecule has 0 bridgehead atoms. The van der Waals surface area contributed by atoms with Crippen molar-refractivity contribution in [2.24, 2.45) is 7.05 Å². The molecule has 1 fully saturated rings. The number of likely N-dealkylation sites (tertiary alicyclic amines) is 1. The standard InChI is InChI=1S/C17H25N3S/c1-14-12-16(19(2)18-14)13-20-10-4-3-6-15(20)8-9-17-7-5-11-21-17/h5,7,11-12,15H,3-4,6,8-10,13H2,1-2H3/t15-/m1/s1. The Morgan fingerprint density at radius 1 is 1.38 bits per heavy atom. The summed E-state index contributed by atoms with van der Waals surface area (Å²) in [4.78, 5) is 4.20. The van der Waals surface area contributed by atoms with Crippen LogP contribution in [0.25, 0.3) is 0 Å². The Hall–Kier alpha value is -1.13. The lowest BCUT2D eigenvalue weighted by atomic mass is 9.97. The lowest BCUT2D eigenvalue weighted by Crippen LogP contribution is -2.39. The Balaban J connectivity index is 1.62. The van der Waals surface area contributed by atoms with Crippen molar-refractivity contribution in [3.05, 3.63) is 39.8 Å². The van der Waals surface area contributed by atoms with Crippen molar-refractivity contribution in [3.8, 4) is 0 Å². The van der Waals surface area contributed by atoms with Gasteiger partial charge in [0.25, 0.3) is 0 Å². The highest BCUT2D eigenvalue weighted by molar-refractivity contribution is 7.09. The third-order valence-electron chi connectivity index (χ3n) is 4.52. The monoisotopic (exact) mass is 303 g/mol. The summed E-state index contributed by atoms with van der Waals surface area (Å²) in [7, 11) is 2.06. The lowest BCUT2D eigenvalue weighted by Gasteiger charge is -2.35. The maximum absolute atomic E-state index is 4.48. The Morgan fingerprint density at radius 2 is 2.29 bits per heavy atom. The maximum Gasteiger partial charge on any atom is 0.0597 e. The lowest BCUT2D eigenvalue weighted by molar-refractivity contribution is 0.129. The fourth-order valence-corrected chi connectivity index (χ4v) is 4.10. The van der Waals surface area contributed by atoms with Gasteiger partial charge in [0, 0.05) is 24.5 Å². The Labute approximate surface area is 131 Å². The summed E-state index contributed by atoms with van der Waals surface area (Å²) in [6.45, 7) is 4.36. The first kappa shape index (κ1) is 14.8. The molecule has 1 aliphatic heterocycles. The zero-order valence-electron chi connectivity index (χ0n) is 13.1. The van der Waals surface area contributed by atoms with Gasteiger partial charge in [0.2, 0.25) is 0 Å². The first-order valence-electron chi connectivity index (χ1n) is 7.98. The topological polar surface area (TPSA) is 21.1 Å². The fourth-order valence-electron chi connectivity index (χ4n) is 3.38. The molecule has 0 N–H and O–H groups in total. The Kier molecular flexibility index (Phi) is 4.76. The normalized spacial score (nSPS) is 20.0. The number of piperidine rings is 1. The molecule has 0 saturated carbocycles. The molecule has 1 atom stereocenters. The molecule has 0 spiro atoms. The molecular weight excluding hydrogens is 278 g/mol. The predicted molar refractivity (Wildman–Crippen MR) is 88.6 cm³/mol. The molecule has 2 aromatic heterocycles. The van der Waals surface area contributed by atoms with Crippen molar-refractivity contribution in [2.45, 2.75) is 51.6 Å². The number of hydrogen-bond donors (Lipinski definition) is 0. The quantitative estimate of drug-likeness (QED) is 0.838. The molecule has 0 unspecified atom stereocenters. The van der Waals surface area contributed by atoms with Gasteiger partial charge in [0.15, 0.2) is 0 Å². The van der Waals surface area contributed by atoms with Crippen LogP contribution >= 0.6 is 11.3 Å². The number of thiophene rings is 1. The highest BCUT2D eigenvalue weighted by atomic mass is 32.1. The highest BCUT2D eigenvalue weighted by Crippen LogP contribution is 2.24. The minimum absolute atomic E-state index is 0.732. The Bertz CT molecular complexity index is 559. The van der Waals surface area contributed by atoms with Crippen molar-refractivity contribution >= 4 is 11.3 Å². The summed E-state index contributed by atoms with van der Waals surface area (Å²) in [5.41, 5.74) is 2.47. The van der Waals surface area contributed by atoms with Gasteiger partial charge in [-0.05, 0) is 56.7 Å². The third-order valence-corrected chi connectivity index (χ3v) is 5.45. The van der Waals surface area contributed by atoms with Gasteiger partial charge in [-0.1, -0.05) is 12.5 Å². The minimum Gasteiger partial charge on any atom is -0.295 e. The molecule has 1 aliphatic rings. The zero-order valence-corrected chi connectivity index (χ0v) is 13.9. The molecule has 0 radical (unpaired) electrons. The number of rotatable bonds is 5. The summed E-state index contributed by atoms with van der Waals surface area (Å²) in [5, 5.41) is 6.67. The van der Waals surface area contributed by atoms with E-state index in [1.54, 1.807) is 0 Å². The molecule has 0 aliphatic carbocycles. The van der Waals surface area contributed by atoms with E-state index < -0.39 is 0 Å². The predicted octanol–water partition coefficient (Wildman–Crippen LogP) is 3.78. The van der Waals surface area contributed by atoms with E-state index in [-0.39, 0.29) is 0 Å². The molecule has 3 nitrogen and oxygen atoms in total. The van der Waals surface area contributed by atoms with Gasteiger partial charge >= 0.3 is 0 Å². The highest BCUT2D eigenvalue weighted by Gasteiger charge is 2.23. The number of aryl methyl sites for hydroxylation is 3. The largest absolute Gasteiger partial charge is 0.295 e.